The molecule has 5 heteroatoms. The van der Waals surface area contributed by atoms with Gasteiger partial charge in [0.15, 0.2) is 0 Å². The van der Waals surface area contributed by atoms with E-state index in [1.165, 1.54) is 0 Å². The van der Waals surface area contributed by atoms with Crippen molar-refractivity contribution in [2.24, 2.45) is 0 Å². The molecule has 4 nitrogen and oxygen atoms in total. The van der Waals surface area contributed by atoms with Gasteiger partial charge in [0.05, 0.1) is 24.8 Å². The summed E-state index contributed by atoms with van der Waals surface area (Å²) in [5.74, 6) is 0. The number of aromatic nitrogens is 1. The number of aliphatic hydroxyl groups excluding tert-OH is 2. The van der Waals surface area contributed by atoms with Crippen LogP contribution in [0, 0.1) is 0 Å². The van der Waals surface area contributed by atoms with Gasteiger partial charge in [-0.15, -0.1) is 11.3 Å². The fourth-order valence-electron chi connectivity index (χ4n) is 0.761. The largest absolute Gasteiger partial charge is 0.395 e. The molecule has 0 saturated carbocycles. The molecule has 1 heterocycles. The van der Waals surface area contributed by atoms with Crippen molar-refractivity contribution in [2.75, 3.05) is 13.2 Å². The van der Waals surface area contributed by atoms with Crippen molar-refractivity contribution in [2.45, 2.75) is 12.6 Å². The van der Waals surface area contributed by atoms with E-state index in [0.717, 1.165) is 4.88 Å². The molecule has 0 spiro atoms. The molecule has 0 amide bonds. The molecule has 68 valence electrons. The van der Waals surface area contributed by atoms with Crippen LogP contribution in [0.15, 0.2) is 11.7 Å². The van der Waals surface area contributed by atoms with E-state index in [2.05, 4.69) is 10.3 Å². The third-order valence-corrected chi connectivity index (χ3v) is 2.27. The highest BCUT2D eigenvalue weighted by Crippen LogP contribution is 2.04. The monoisotopic (exact) mass is 188 g/mol. The minimum Gasteiger partial charge on any atom is -0.395 e. The highest BCUT2D eigenvalue weighted by molar-refractivity contribution is 7.09. The zero-order valence-corrected chi connectivity index (χ0v) is 7.42. The molecule has 0 fully saturated rings. The smallest absolute Gasteiger partial charge is 0.0794 e. The molecule has 0 aromatic carbocycles. The van der Waals surface area contributed by atoms with Crippen LogP contribution in [0.2, 0.25) is 0 Å². The van der Waals surface area contributed by atoms with Crippen molar-refractivity contribution in [3.63, 3.8) is 0 Å². The first-order valence-corrected chi connectivity index (χ1v) is 4.57. The predicted molar refractivity (Wildman–Crippen MR) is 46.9 cm³/mol. The van der Waals surface area contributed by atoms with E-state index in [1.54, 1.807) is 23.0 Å². The van der Waals surface area contributed by atoms with E-state index >= 15 is 0 Å². The first kappa shape index (κ1) is 9.60. The van der Waals surface area contributed by atoms with Crippen LogP contribution in [-0.2, 0) is 6.54 Å². The van der Waals surface area contributed by atoms with Crippen molar-refractivity contribution in [1.82, 2.24) is 10.3 Å². The Morgan fingerprint density at radius 3 is 2.75 bits per heavy atom. The summed E-state index contributed by atoms with van der Waals surface area (Å²) in [5.41, 5.74) is 1.75. The molecule has 0 atom stereocenters. The van der Waals surface area contributed by atoms with E-state index in [-0.39, 0.29) is 19.3 Å². The third kappa shape index (κ3) is 2.86. The van der Waals surface area contributed by atoms with Gasteiger partial charge in [0, 0.05) is 17.6 Å². The molecule has 0 saturated heterocycles. The maximum absolute atomic E-state index is 8.72. The van der Waals surface area contributed by atoms with E-state index in [9.17, 15) is 0 Å². The van der Waals surface area contributed by atoms with Crippen molar-refractivity contribution in [1.29, 1.82) is 0 Å². The van der Waals surface area contributed by atoms with Gasteiger partial charge in [0.2, 0.25) is 0 Å². The van der Waals surface area contributed by atoms with Crippen LogP contribution in [0.4, 0.5) is 0 Å². The van der Waals surface area contributed by atoms with Gasteiger partial charge in [-0.2, -0.15) is 0 Å². The summed E-state index contributed by atoms with van der Waals surface area (Å²) in [6.07, 6.45) is 1.77. The number of aliphatic hydroxyl groups is 2. The Morgan fingerprint density at radius 2 is 2.25 bits per heavy atom. The average Bonchev–Trinajstić information content (AvgIpc) is 2.59. The van der Waals surface area contributed by atoms with Crippen LogP contribution >= 0.6 is 11.3 Å². The Hall–Kier alpha value is -0.490. The minimum absolute atomic E-state index is 0.0463. The molecule has 1 aromatic heterocycles. The quantitative estimate of drug-likeness (QED) is 0.587. The number of nitrogens with one attached hydrogen (secondary N) is 1. The van der Waals surface area contributed by atoms with Crippen LogP contribution in [-0.4, -0.2) is 34.5 Å². The van der Waals surface area contributed by atoms with E-state index in [4.69, 9.17) is 10.2 Å². The minimum atomic E-state index is -0.230. The van der Waals surface area contributed by atoms with E-state index in [1.807, 2.05) is 0 Å². The summed E-state index contributed by atoms with van der Waals surface area (Å²) in [4.78, 5) is 5.00. The van der Waals surface area contributed by atoms with Crippen LogP contribution in [0.25, 0.3) is 0 Å². The summed E-state index contributed by atoms with van der Waals surface area (Å²) >= 11 is 1.55. The van der Waals surface area contributed by atoms with Crippen molar-refractivity contribution >= 4 is 11.3 Å². The van der Waals surface area contributed by atoms with Gasteiger partial charge < -0.3 is 15.5 Å². The molecule has 0 aliphatic rings. The lowest BCUT2D eigenvalue weighted by Crippen LogP contribution is -2.34. The van der Waals surface area contributed by atoms with Gasteiger partial charge in [-0.25, -0.2) is 0 Å². The molecule has 12 heavy (non-hydrogen) atoms. The molecule has 0 unspecified atom stereocenters. The van der Waals surface area contributed by atoms with Gasteiger partial charge in [0.25, 0.3) is 0 Å². The Morgan fingerprint density at radius 1 is 1.50 bits per heavy atom. The fraction of sp³-hybridized carbons (Fsp3) is 0.571. The standard InChI is InChI=1S/C7H12N2O2S/c10-3-6(4-11)9-2-7-1-8-5-12-7/h1,5-6,9-11H,2-4H2. The van der Waals surface area contributed by atoms with Gasteiger partial charge >= 0.3 is 0 Å². The summed E-state index contributed by atoms with van der Waals surface area (Å²) < 4.78 is 0. The third-order valence-electron chi connectivity index (χ3n) is 1.49. The Kier molecular flexibility index (Phi) is 4.16. The number of hydrogen-bond acceptors (Lipinski definition) is 5. The summed E-state index contributed by atoms with van der Waals surface area (Å²) in [6.45, 7) is 0.557. The molecule has 1 aromatic rings. The second-order valence-electron chi connectivity index (χ2n) is 2.41. The number of hydrogen-bond donors (Lipinski definition) is 3. The SMILES string of the molecule is OCC(CO)NCc1cncs1. The Balaban J connectivity index is 2.25. The number of nitrogens with zero attached hydrogens (tertiary/aromatic N) is 1. The average molecular weight is 188 g/mol. The molecular formula is C7H12N2O2S. The van der Waals surface area contributed by atoms with Gasteiger partial charge in [-0.1, -0.05) is 0 Å². The fourth-order valence-corrected chi connectivity index (χ4v) is 1.31. The number of rotatable bonds is 5. The Bertz CT molecular complexity index is 199. The van der Waals surface area contributed by atoms with Crippen LogP contribution < -0.4 is 5.32 Å². The normalized spacial score (nSPS) is 10.9. The van der Waals surface area contributed by atoms with Gasteiger partial charge in [-0.05, 0) is 0 Å². The van der Waals surface area contributed by atoms with Crippen LogP contribution in [0.1, 0.15) is 4.88 Å². The lowest BCUT2D eigenvalue weighted by Gasteiger charge is -2.11. The zero-order chi connectivity index (χ0) is 8.81. The summed E-state index contributed by atoms with van der Waals surface area (Å²) in [5, 5.41) is 20.4. The van der Waals surface area contributed by atoms with Crippen LogP contribution in [0.5, 0.6) is 0 Å². The molecule has 0 aliphatic carbocycles. The Labute approximate surface area is 74.9 Å². The lowest BCUT2D eigenvalue weighted by molar-refractivity contribution is 0.170. The maximum Gasteiger partial charge on any atom is 0.0794 e. The maximum atomic E-state index is 8.72. The van der Waals surface area contributed by atoms with Crippen molar-refractivity contribution < 1.29 is 10.2 Å². The predicted octanol–water partition coefficient (Wildman–Crippen LogP) is -0.414. The molecule has 1 rings (SSSR count). The highest BCUT2D eigenvalue weighted by Gasteiger charge is 2.04. The van der Waals surface area contributed by atoms with Crippen LogP contribution in [0.3, 0.4) is 0 Å². The van der Waals surface area contributed by atoms with Crippen molar-refractivity contribution in [3.8, 4) is 0 Å². The molecule has 0 radical (unpaired) electrons. The second kappa shape index (κ2) is 5.21. The number of thiazole rings is 1. The first-order valence-electron chi connectivity index (χ1n) is 3.69. The molecule has 0 aliphatic heterocycles. The summed E-state index contributed by atoms with van der Waals surface area (Å²) in [7, 11) is 0. The van der Waals surface area contributed by atoms with Gasteiger partial charge in [0.1, 0.15) is 0 Å². The topological polar surface area (TPSA) is 65.4 Å². The van der Waals surface area contributed by atoms with Crippen molar-refractivity contribution in [3.05, 3.63) is 16.6 Å². The van der Waals surface area contributed by atoms with E-state index in [0.29, 0.717) is 6.54 Å². The molecule has 3 N–H and O–H groups in total. The zero-order valence-electron chi connectivity index (χ0n) is 6.60. The molecule has 0 bridgehead atoms. The van der Waals surface area contributed by atoms with Gasteiger partial charge in [-0.3, -0.25) is 4.98 Å². The highest BCUT2D eigenvalue weighted by atomic mass is 32.1. The summed E-state index contributed by atoms with van der Waals surface area (Å²) in [6, 6.07) is -0.230. The molecular weight excluding hydrogens is 176 g/mol. The lowest BCUT2D eigenvalue weighted by atomic mass is 10.3. The van der Waals surface area contributed by atoms with E-state index < -0.39 is 0 Å². The second-order valence-corrected chi connectivity index (χ2v) is 3.38. The first-order chi connectivity index (χ1) is 5.86.